The van der Waals surface area contributed by atoms with E-state index in [1.54, 1.807) is 13.0 Å². The van der Waals surface area contributed by atoms with Crippen molar-refractivity contribution in [2.24, 2.45) is 11.5 Å². The zero-order valence-electron chi connectivity index (χ0n) is 15.9. The summed E-state index contributed by atoms with van der Waals surface area (Å²) in [6.45, 7) is 1.72. The maximum atomic E-state index is 9.85. The average Bonchev–Trinajstić information content (AvgIpc) is 2.67. The van der Waals surface area contributed by atoms with E-state index >= 15 is 0 Å². The number of rotatable bonds is 3. The molecule has 0 atom stereocenters. The van der Waals surface area contributed by atoms with E-state index in [0.29, 0.717) is 17.5 Å². The Labute approximate surface area is 166 Å². The molecule has 148 valence electrons. The lowest BCUT2D eigenvalue weighted by Gasteiger charge is -2.20. The van der Waals surface area contributed by atoms with E-state index in [0.717, 1.165) is 6.04 Å². The third-order valence-corrected chi connectivity index (χ3v) is 4.07. The Morgan fingerprint density at radius 1 is 1.30 bits per heavy atom. The Morgan fingerprint density at radius 3 is 2.33 bits per heavy atom. The number of phenolic OH excluding ortho intramolecular Hbond substituents is 1. The van der Waals surface area contributed by atoms with E-state index < -0.39 is 0 Å². The SMILES string of the molecule is C/C(N)=C/C=C(\N)C=O.CNC1CCCCC1.N#Cc1ccc(O)cc1Cl. The number of nitrogens with zero attached hydrogens (tertiary/aromatic N) is 1. The first-order valence-corrected chi connectivity index (χ1v) is 9.12. The molecule has 6 nitrogen and oxygen atoms in total. The van der Waals surface area contributed by atoms with Crippen LogP contribution in [0.15, 0.2) is 41.7 Å². The Hall–Kier alpha value is -2.49. The Morgan fingerprint density at radius 2 is 1.93 bits per heavy atom. The van der Waals surface area contributed by atoms with Gasteiger partial charge < -0.3 is 21.9 Å². The molecule has 0 radical (unpaired) electrons. The first-order valence-electron chi connectivity index (χ1n) is 8.74. The first kappa shape index (κ1) is 24.5. The van der Waals surface area contributed by atoms with Gasteiger partial charge in [-0.1, -0.05) is 30.9 Å². The monoisotopic (exact) mass is 392 g/mol. The number of nitrogens with one attached hydrogen (secondary N) is 1. The Kier molecular flexibility index (Phi) is 13.3. The molecule has 1 aromatic rings. The van der Waals surface area contributed by atoms with E-state index in [2.05, 4.69) is 12.4 Å². The van der Waals surface area contributed by atoms with Gasteiger partial charge in [-0.05, 0) is 57.2 Å². The zero-order chi connectivity index (χ0) is 20.7. The maximum Gasteiger partial charge on any atom is 0.165 e. The van der Waals surface area contributed by atoms with Crippen LogP contribution in [-0.2, 0) is 4.79 Å². The summed E-state index contributed by atoms with van der Waals surface area (Å²) in [5.41, 5.74) is 11.5. The van der Waals surface area contributed by atoms with Gasteiger partial charge in [0.2, 0.25) is 0 Å². The minimum atomic E-state index is 0.0731. The molecule has 0 heterocycles. The van der Waals surface area contributed by atoms with Crippen LogP contribution in [0.3, 0.4) is 0 Å². The summed E-state index contributed by atoms with van der Waals surface area (Å²) in [5.74, 6) is 0.0731. The number of phenols is 1. The van der Waals surface area contributed by atoms with Crippen molar-refractivity contribution in [3.8, 4) is 11.8 Å². The average molecular weight is 393 g/mol. The van der Waals surface area contributed by atoms with Crippen LogP contribution >= 0.6 is 11.6 Å². The zero-order valence-corrected chi connectivity index (χ0v) is 16.7. The number of carbonyl (C=O) groups is 1. The molecule has 1 aromatic carbocycles. The number of hydrogen-bond acceptors (Lipinski definition) is 6. The summed E-state index contributed by atoms with van der Waals surface area (Å²) in [6.07, 6.45) is 10.7. The standard InChI is InChI=1S/C7H4ClNO.C7H15N.C6H10N2O/c8-7-3-6(10)2-1-5(7)4-9;1-8-7-5-3-2-4-6-7;1-5(7)2-3-6(8)4-9/h1-3,10H;7-8H,2-6H2,1H3;2-4H,7-8H2,1H3/b;;5-2-,6-3-. The molecule has 2 rings (SSSR count). The predicted molar refractivity (Wildman–Crippen MR) is 110 cm³/mol. The topological polar surface area (TPSA) is 125 Å². The molecule has 1 aliphatic rings. The van der Waals surface area contributed by atoms with Crippen molar-refractivity contribution in [3.05, 3.63) is 52.3 Å². The summed E-state index contributed by atoms with van der Waals surface area (Å²) in [6, 6.07) is 6.94. The second-order valence-corrected chi connectivity index (χ2v) is 6.50. The number of nitrogens with two attached hydrogens (primary N) is 2. The third kappa shape index (κ3) is 12.5. The van der Waals surface area contributed by atoms with Crippen molar-refractivity contribution < 1.29 is 9.90 Å². The minimum Gasteiger partial charge on any atom is -0.508 e. The molecule has 27 heavy (non-hydrogen) atoms. The second-order valence-electron chi connectivity index (χ2n) is 6.09. The van der Waals surface area contributed by atoms with Crippen molar-refractivity contribution in [2.45, 2.75) is 45.1 Å². The van der Waals surface area contributed by atoms with Crippen LogP contribution in [0, 0.1) is 11.3 Å². The number of aromatic hydroxyl groups is 1. The van der Waals surface area contributed by atoms with Crippen LogP contribution in [0.5, 0.6) is 5.75 Å². The molecule has 0 aromatic heterocycles. The number of aldehydes is 1. The summed E-state index contributed by atoms with van der Waals surface area (Å²) >= 11 is 5.55. The second kappa shape index (κ2) is 14.7. The Bertz CT molecular complexity index is 671. The molecule has 0 spiro atoms. The van der Waals surface area contributed by atoms with Gasteiger partial charge >= 0.3 is 0 Å². The quantitative estimate of drug-likeness (QED) is 0.355. The van der Waals surface area contributed by atoms with Gasteiger partial charge in [0.25, 0.3) is 0 Å². The predicted octanol–water partition coefficient (Wildman–Crippen LogP) is 3.35. The molecule has 0 saturated heterocycles. The van der Waals surface area contributed by atoms with Gasteiger partial charge in [0, 0.05) is 11.7 Å². The lowest BCUT2D eigenvalue weighted by Crippen LogP contribution is -2.26. The molecular formula is C20H29ClN4O2. The van der Waals surface area contributed by atoms with Crippen LogP contribution in [0.2, 0.25) is 5.02 Å². The van der Waals surface area contributed by atoms with Crippen molar-refractivity contribution in [2.75, 3.05) is 7.05 Å². The number of allylic oxidation sites excluding steroid dienone is 4. The fourth-order valence-corrected chi connectivity index (χ4v) is 2.47. The van der Waals surface area contributed by atoms with Gasteiger partial charge in [-0.15, -0.1) is 0 Å². The number of nitriles is 1. The van der Waals surface area contributed by atoms with Gasteiger partial charge in [0.1, 0.15) is 11.8 Å². The van der Waals surface area contributed by atoms with Crippen LogP contribution in [0.1, 0.15) is 44.6 Å². The maximum absolute atomic E-state index is 9.85. The minimum absolute atomic E-state index is 0.0731. The lowest BCUT2D eigenvalue weighted by molar-refractivity contribution is -0.104. The van der Waals surface area contributed by atoms with Crippen LogP contribution in [0.4, 0.5) is 0 Å². The fraction of sp³-hybridized carbons (Fsp3) is 0.400. The molecule has 0 aliphatic heterocycles. The highest BCUT2D eigenvalue weighted by Crippen LogP contribution is 2.20. The number of carbonyl (C=O) groups excluding carboxylic acids is 1. The number of hydrogen-bond donors (Lipinski definition) is 4. The highest BCUT2D eigenvalue weighted by Gasteiger charge is 2.09. The molecule has 0 bridgehead atoms. The largest absolute Gasteiger partial charge is 0.508 e. The van der Waals surface area contributed by atoms with E-state index in [4.69, 9.17) is 33.4 Å². The molecule has 1 aliphatic carbocycles. The molecule has 1 fully saturated rings. The van der Waals surface area contributed by atoms with Crippen LogP contribution in [0.25, 0.3) is 0 Å². The molecule has 7 heteroatoms. The Balaban J connectivity index is 0.000000378. The summed E-state index contributed by atoms with van der Waals surface area (Å²) in [4.78, 5) is 9.85. The lowest BCUT2D eigenvalue weighted by atomic mass is 9.96. The molecule has 6 N–H and O–H groups in total. The van der Waals surface area contributed by atoms with Crippen molar-refractivity contribution in [1.82, 2.24) is 5.32 Å². The van der Waals surface area contributed by atoms with E-state index in [1.807, 2.05) is 6.07 Å². The van der Waals surface area contributed by atoms with Crippen molar-refractivity contribution >= 4 is 17.9 Å². The van der Waals surface area contributed by atoms with E-state index in [9.17, 15) is 4.79 Å². The smallest absolute Gasteiger partial charge is 0.165 e. The molecule has 1 saturated carbocycles. The third-order valence-electron chi connectivity index (χ3n) is 3.76. The van der Waals surface area contributed by atoms with Gasteiger partial charge in [0.15, 0.2) is 6.29 Å². The van der Waals surface area contributed by atoms with E-state index in [-0.39, 0.29) is 16.5 Å². The first-order chi connectivity index (χ1) is 12.8. The molecule has 0 unspecified atom stereocenters. The van der Waals surface area contributed by atoms with Gasteiger partial charge in [-0.3, -0.25) is 4.79 Å². The number of benzene rings is 1. The van der Waals surface area contributed by atoms with Gasteiger partial charge in [-0.2, -0.15) is 5.26 Å². The van der Waals surface area contributed by atoms with Crippen molar-refractivity contribution in [1.29, 1.82) is 5.26 Å². The fourth-order valence-electron chi connectivity index (χ4n) is 2.25. The number of halogens is 1. The molecular weight excluding hydrogens is 364 g/mol. The summed E-state index contributed by atoms with van der Waals surface area (Å²) in [5, 5.41) is 20.8. The van der Waals surface area contributed by atoms with E-state index in [1.165, 1.54) is 56.4 Å². The van der Waals surface area contributed by atoms with Crippen LogP contribution < -0.4 is 16.8 Å². The van der Waals surface area contributed by atoms with Gasteiger partial charge in [-0.25, -0.2) is 0 Å². The van der Waals surface area contributed by atoms with Gasteiger partial charge in [0.05, 0.1) is 16.3 Å². The molecule has 0 amide bonds. The van der Waals surface area contributed by atoms with Crippen molar-refractivity contribution in [3.63, 3.8) is 0 Å². The van der Waals surface area contributed by atoms with Crippen LogP contribution in [-0.4, -0.2) is 24.5 Å². The summed E-state index contributed by atoms with van der Waals surface area (Å²) in [7, 11) is 2.07. The summed E-state index contributed by atoms with van der Waals surface area (Å²) < 4.78 is 0. The highest BCUT2D eigenvalue weighted by molar-refractivity contribution is 6.31. The normalized spacial score (nSPS) is 14.7. The highest BCUT2D eigenvalue weighted by atomic mass is 35.5.